The summed E-state index contributed by atoms with van der Waals surface area (Å²) in [6.07, 6.45) is -0.216. The van der Waals surface area contributed by atoms with E-state index in [9.17, 15) is 22.6 Å². The molecule has 0 aliphatic rings. The molecule has 0 aliphatic heterocycles. The van der Waals surface area contributed by atoms with Gasteiger partial charge in [0.25, 0.3) is 0 Å². The molecule has 2 rings (SSSR count). The number of carboxylic acids is 1. The zero-order chi connectivity index (χ0) is 18.4. The van der Waals surface area contributed by atoms with Crippen LogP contribution in [0.5, 0.6) is 0 Å². The summed E-state index contributed by atoms with van der Waals surface area (Å²) in [4.78, 5) is 22.2. The second-order valence-corrected chi connectivity index (χ2v) is 6.66. The van der Waals surface area contributed by atoms with Crippen LogP contribution in [-0.2, 0) is 26.3 Å². The first-order valence-corrected chi connectivity index (χ1v) is 8.78. The van der Waals surface area contributed by atoms with Gasteiger partial charge in [-0.2, -0.15) is 8.42 Å². The largest absolute Gasteiger partial charge is 0.481 e. The van der Waals surface area contributed by atoms with Crippen LogP contribution in [0, 0.1) is 0 Å². The number of hydrogen-bond donors (Lipinski definition) is 2. The maximum Gasteiger partial charge on any atom is 0.360 e. The second kappa shape index (κ2) is 7.91. The van der Waals surface area contributed by atoms with E-state index in [-0.39, 0.29) is 12.0 Å². The van der Waals surface area contributed by atoms with E-state index in [0.29, 0.717) is 16.3 Å². The Kier molecular flexibility index (Phi) is 5.89. The van der Waals surface area contributed by atoms with Gasteiger partial charge >= 0.3 is 16.3 Å². The number of aliphatic carboxylic acids is 1. The molecule has 0 radical (unpaired) electrons. The van der Waals surface area contributed by atoms with Gasteiger partial charge in [-0.05, 0) is 23.6 Å². The lowest BCUT2D eigenvalue weighted by Crippen LogP contribution is -2.43. The third kappa shape index (κ3) is 4.88. The Bertz CT molecular complexity index is 850. The van der Waals surface area contributed by atoms with Crippen LogP contribution in [0.2, 0.25) is 0 Å². The number of anilines is 1. The first-order valence-electron chi connectivity index (χ1n) is 7.38. The molecular formula is C17H17NO6S. The maximum absolute atomic E-state index is 11.8. The molecule has 25 heavy (non-hydrogen) atoms. The minimum atomic E-state index is -4.85. The summed E-state index contributed by atoms with van der Waals surface area (Å²) in [6.45, 7) is 0. The molecule has 1 unspecified atom stereocenters. The molecule has 0 fully saturated rings. The zero-order valence-corrected chi connectivity index (χ0v) is 14.0. The molecule has 0 aliphatic carbocycles. The molecule has 0 saturated carbocycles. The molecule has 0 bridgehead atoms. The lowest BCUT2D eigenvalue weighted by atomic mass is 10.0. The fourth-order valence-corrected chi connectivity index (χ4v) is 3.42. The van der Waals surface area contributed by atoms with Crippen molar-refractivity contribution in [2.75, 3.05) is 4.31 Å². The standard InChI is InChI=1S/C17H17NO6S/c19-12-15(11-17(20)21)18(25(22,23)24)16-9-5-4-8-14(16)10-13-6-2-1-3-7-13/h1-9,12,15H,10-11H2,(H,20,21)(H,22,23,24). The smallest absolute Gasteiger partial charge is 0.360 e. The SMILES string of the molecule is O=CC(CC(=O)O)N(c1ccccc1Cc1ccccc1)S(=O)(=O)O. The summed E-state index contributed by atoms with van der Waals surface area (Å²) in [5.41, 5.74) is 1.49. The van der Waals surface area contributed by atoms with Crippen molar-refractivity contribution in [3.8, 4) is 0 Å². The molecule has 7 nitrogen and oxygen atoms in total. The van der Waals surface area contributed by atoms with Gasteiger partial charge in [0.05, 0.1) is 12.1 Å². The summed E-state index contributed by atoms with van der Waals surface area (Å²) >= 11 is 0. The number of nitrogens with zero attached hydrogens (tertiary/aromatic N) is 1. The summed E-state index contributed by atoms with van der Waals surface area (Å²) in [5.74, 6) is -1.36. The minimum absolute atomic E-state index is 0.0622. The second-order valence-electron chi connectivity index (χ2n) is 5.37. The number of para-hydroxylation sites is 1. The molecular weight excluding hydrogens is 346 g/mol. The molecule has 8 heteroatoms. The van der Waals surface area contributed by atoms with E-state index >= 15 is 0 Å². The van der Waals surface area contributed by atoms with Crippen molar-refractivity contribution in [2.45, 2.75) is 18.9 Å². The Morgan fingerprint density at radius 3 is 2.24 bits per heavy atom. The lowest BCUT2D eigenvalue weighted by molar-refractivity contribution is -0.138. The van der Waals surface area contributed by atoms with Crippen LogP contribution in [0.1, 0.15) is 17.5 Å². The minimum Gasteiger partial charge on any atom is -0.481 e. The Labute approximate surface area is 145 Å². The number of hydrogen-bond acceptors (Lipinski definition) is 4. The van der Waals surface area contributed by atoms with E-state index in [4.69, 9.17) is 5.11 Å². The Morgan fingerprint density at radius 1 is 1.08 bits per heavy atom. The summed E-state index contributed by atoms with van der Waals surface area (Å²) in [7, 11) is -4.85. The average molecular weight is 363 g/mol. The highest BCUT2D eigenvalue weighted by atomic mass is 32.2. The Balaban J connectivity index is 2.51. The fourth-order valence-electron chi connectivity index (χ4n) is 2.53. The molecule has 0 saturated heterocycles. The van der Waals surface area contributed by atoms with Gasteiger partial charge in [-0.15, -0.1) is 0 Å². The predicted molar refractivity (Wildman–Crippen MR) is 91.8 cm³/mol. The molecule has 1 atom stereocenters. The van der Waals surface area contributed by atoms with Gasteiger partial charge in [-0.3, -0.25) is 9.35 Å². The van der Waals surface area contributed by atoms with Crippen LogP contribution in [0.4, 0.5) is 5.69 Å². The van der Waals surface area contributed by atoms with Crippen LogP contribution in [0.15, 0.2) is 54.6 Å². The third-order valence-corrected chi connectivity index (χ3v) is 4.52. The molecule has 0 aromatic heterocycles. The molecule has 132 valence electrons. The number of benzene rings is 2. The van der Waals surface area contributed by atoms with Gasteiger partial charge < -0.3 is 9.90 Å². The first-order chi connectivity index (χ1) is 11.8. The van der Waals surface area contributed by atoms with Gasteiger partial charge in [0.2, 0.25) is 0 Å². The van der Waals surface area contributed by atoms with Crippen LogP contribution >= 0.6 is 0 Å². The van der Waals surface area contributed by atoms with Crippen molar-refractivity contribution in [2.24, 2.45) is 0 Å². The van der Waals surface area contributed by atoms with E-state index in [1.807, 2.05) is 30.3 Å². The molecule has 0 amide bonds. The van der Waals surface area contributed by atoms with Gasteiger partial charge in [-0.25, -0.2) is 4.31 Å². The van der Waals surface area contributed by atoms with E-state index in [0.717, 1.165) is 5.56 Å². The number of carbonyl (C=O) groups is 2. The van der Waals surface area contributed by atoms with Crippen molar-refractivity contribution in [1.82, 2.24) is 0 Å². The third-order valence-electron chi connectivity index (χ3n) is 3.56. The van der Waals surface area contributed by atoms with Crippen molar-refractivity contribution in [3.05, 3.63) is 65.7 Å². The van der Waals surface area contributed by atoms with Crippen molar-refractivity contribution in [1.29, 1.82) is 0 Å². The molecule has 2 aromatic rings. The molecule has 2 N–H and O–H groups in total. The Hall–Kier alpha value is -2.71. The monoisotopic (exact) mass is 363 g/mol. The van der Waals surface area contributed by atoms with Gasteiger partial charge in [-0.1, -0.05) is 48.5 Å². The predicted octanol–water partition coefficient (Wildman–Crippen LogP) is 1.93. The van der Waals surface area contributed by atoms with Gasteiger partial charge in [0.15, 0.2) is 0 Å². The topological polar surface area (TPSA) is 112 Å². The van der Waals surface area contributed by atoms with Crippen LogP contribution < -0.4 is 4.31 Å². The molecule has 0 spiro atoms. The lowest BCUT2D eigenvalue weighted by Gasteiger charge is -2.27. The van der Waals surface area contributed by atoms with Gasteiger partial charge in [0, 0.05) is 0 Å². The summed E-state index contributed by atoms with van der Waals surface area (Å²) in [5, 5.41) is 8.92. The van der Waals surface area contributed by atoms with Crippen LogP contribution in [0.3, 0.4) is 0 Å². The molecule has 0 heterocycles. The Morgan fingerprint density at radius 2 is 1.68 bits per heavy atom. The van der Waals surface area contributed by atoms with Crippen molar-refractivity contribution < 1.29 is 27.7 Å². The summed E-state index contributed by atoms with van der Waals surface area (Å²) in [6, 6.07) is 14.0. The van der Waals surface area contributed by atoms with E-state index in [1.165, 1.54) is 6.07 Å². The van der Waals surface area contributed by atoms with E-state index in [2.05, 4.69) is 0 Å². The van der Waals surface area contributed by atoms with Crippen molar-refractivity contribution >= 4 is 28.2 Å². The van der Waals surface area contributed by atoms with E-state index < -0.39 is 28.7 Å². The normalized spacial score (nSPS) is 12.4. The number of carboxylic acid groups (broad SMARTS) is 1. The number of carbonyl (C=O) groups excluding carboxylic acids is 1. The van der Waals surface area contributed by atoms with Crippen molar-refractivity contribution in [3.63, 3.8) is 0 Å². The highest BCUT2D eigenvalue weighted by Gasteiger charge is 2.31. The van der Waals surface area contributed by atoms with Crippen LogP contribution in [-0.4, -0.2) is 36.4 Å². The summed E-state index contributed by atoms with van der Waals surface area (Å²) < 4.78 is 33.7. The number of aldehydes is 1. The quantitative estimate of drug-likeness (QED) is 0.547. The fraction of sp³-hybridized carbons (Fsp3) is 0.176. The molecule has 2 aromatic carbocycles. The zero-order valence-electron chi connectivity index (χ0n) is 13.1. The highest BCUT2D eigenvalue weighted by molar-refractivity contribution is 7.87. The first kappa shape index (κ1) is 18.6. The average Bonchev–Trinajstić information content (AvgIpc) is 2.55. The maximum atomic E-state index is 11.8. The van der Waals surface area contributed by atoms with Crippen LogP contribution in [0.25, 0.3) is 0 Å². The van der Waals surface area contributed by atoms with Gasteiger partial charge in [0.1, 0.15) is 12.3 Å². The van der Waals surface area contributed by atoms with E-state index in [1.54, 1.807) is 18.2 Å². The highest BCUT2D eigenvalue weighted by Crippen LogP contribution is 2.27. The number of rotatable bonds is 8.